The van der Waals surface area contributed by atoms with Crippen LogP contribution >= 0.6 is 0 Å². The van der Waals surface area contributed by atoms with Gasteiger partial charge in [-0.15, -0.1) is 0 Å². The molecule has 2 atom stereocenters. The number of nitrogens with two attached hydrogens (primary N) is 1. The molecule has 1 fully saturated rings. The van der Waals surface area contributed by atoms with E-state index in [-0.39, 0.29) is 7.05 Å². The fourth-order valence-corrected chi connectivity index (χ4v) is 2.27. The maximum Gasteiger partial charge on any atom is 0.376 e. The van der Waals surface area contributed by atoms with Gasteiger partial charge in [0.05, 0.1) is 0 Å². The van der Waals surface area contributed by atoms with Crippen molar-refractivity contribution in [3.63, 3.8) is 0 Å². The summed E-state index contributed by atoms with van der Waals surface area (Å²) in [6.07, 6.45) is 3.43. The predicted molar refractivity (Wildman–Crippen MR) is 56.4 cm³/mol. The van der Waals surface area contributed by atoms with E-state index in [0.29, 0.717) is 6.04 Å². The molecule has 4 heteroatoms. The zero-order valence-electron chi connectivity index (χ0n) is 8.74. The average molecular weight is 184 g/mol. The Kier molecular flexibility index (Phi) is 4.23. The molecule has 0 aromatic carbocycles. The standard InChI is InChI=1S/C9H21BN2O/c1-3-8-6-9(4-5-11)12(7-8)10(2)13/h8-9,13H,3-7,11H2,1-2H3/t8-,9-/m1/s1. The number of rotatable bonds is 4. The molecule has 0 aliphatic carbocycles. The van der Waals surface area contributed by atoms with Gasteiger partial charge in [0.25, 0.3) is 0 Å². The van der Waals surface area contributed by atoms with Crippen molar-refractivity contribution < 1.29 is 5.02 Å². The third-order valence-electron chi connectivity index (χ3n) is 3.10. The first-order valence-electron chi connectivity index (χ1n) is 5.32. The molecule has 3 nitrogen and oxygen atoms in total. The lowest BCUT2D eigenvalue weighted by Gasteiger charge is -2.24. The first-order chi connectivity index (χ1) is 6.19. The molecule has 0 unspecified atom stereocenters. The monoisotopic (exact) mass is 184 g/mol. The molecule has 76 valence electrons. The van der Waals surface area contributed by atoms with E-state index < -0.39 is 0 Å². The molecule has 1 aliphatic heterocycles. The second-order valence-corrected chi connectivity index (χ2v) is 4.07. The summed E-state index contributed by atoms with van der Waals surface area (Å²) in [6, 6.07) is 0.509. The zero-order valence-corrected chi connectivity index (χ0v) is 8.74. The molecule has 0 radical (unpaired) electrons. The van der Waals surface area contributed by atoms with Crippen molar-refractivity contribution in [1.82, 2.24) is 4.81 Å². The van der Waals surface area contributed by atoms with Gasteiger partial charge in [0.15, 0.2) is 0 Å². The summed E-state index contributed by atoms with van der Waals surface area (Å²) in [6.45, 7) is 5.83. The summed E-state index contributed by atoms with van der Waals surface area (Å²) in [5.74, 6) is 0.756. The fraction of sp³-hybridized carbons (Fsp3) is 1.00. The minimum Gasteiger partial charge on any atom is -0.437 e. The Hall–Kier alpha value is -0.0551. The van der Waals surface area contributed by atoms with Crippen LogP contribution in [0.15, 0.2) is 0 Å². The van der Waals surface area contributed by atoms with Crippen LogP contribution in [0.5, 0.6) is 0 Å². The van der Waals surface area contributed by atoms with Gasteiger partial charge >= 0.3 is 7.05 Å². The summed E-state index contributed by atoms with van der Waals surface area (Å²) in [4.78, 5) is 2.18. The van der Waals surface area contributed by atoms with Crippen LogP contribution in [0.25, 0.3) is 0 Å². The number of hydrogen-bond donors (Lipinski definition) is 2. The summed E-state index contributed by atoms with van der Waals surface area (Å²) < 4.78 is 0. The van der Waals surface area contributed by atoms with Gasteiger partial charge in [-0.25, -0.2) is 0 Å². The predicted octanol–water partition coefficient (Wildman–Crippen LogP) is 0.546. The van der Waals surface area contributed by atoms with Crippen LogP contribution < -0.4 is 5.73 Å². The van der Waals surface area contributed by atoms with Crippen molar-refractivity contribution in [3.8, 4) is 0 Å². The Morgan fingerprint density at radius 3 is 2.77 bits per heavy atom. The Morgan fingerprint density at radius 1 is 1.62 bits per heavy atom. The second kappa shape index (κ2) is 4.98. The largest absolute Gasteiger partial charge is 0.437 e. The summed E-state index contributed by atoms with van der Waals surface area (Å²) in [5, 5.41) is 9.55. The summed E-state index contributed by atoms with van der Waals surface area (Å²) in [5.41, 5.74) is 5.55. The smallest absolute Gasteiger partial charge is 0.376 e. The van der Waals surface area contributed by atoms with Crippen molar-refractivity contribution >= 4 is 7.05 Å². The molecule has 0 spiro atoms. The Morgan fingerprint density at radius 2 is 2.31 bits per heavy atom. The van der Waals surface area contributed by atoms with E-state index in [1.807, 2.05) is 6.82 Å². The zero-order chi connectivity index (χ0) is 9.84. The second-order valence-electron chi connectivity index (χ2n) is 4.07. The Labute approximate surface area is 81.4 Å². The van der Waals surface area contributed by atoms with Crippen LogP contribution in [0.1, 0.15) is 26.2 Å². The molecular weight excluding hydrogens is 163 g/mol. The van der Waals surface area contributed by atoms with E-state index in [2.05, 4.69) is 11.7 Å². The lowest BCUT2D eigenvalue weighted by atomic mass is 9.84. The minimum atomic E-state index is -0.312. The van der Waals surface area contributed by atoms with Crippen LogP contribution in [-0.2, 0) is 0 Å². The quantitative estimate of drug-likeness (QED) is 0.627. The molecule has 1 rings (SSSR count). The van der Waals surface area contributed by atoms with Gasteiger partial charge in [-0.3, -0.25) is 0 Å². The van der Waals surface area contributed by atoms with Crippen molar-refractivity contribution in [3.05, 3.63) is 0 Å². The highest BCUT2D eigenvalue weighted by molar-refractivity contribution is 6.45. The number of hydrogen-bond acceptors (Lipinski definition) is 3. The average Bonchev–Trinajstić information content (AvgIpc) is 2.48. The van der Waals surface area contributed by atoms with Gasteiger partial charge in [0.1, 0.15) is 0 Å². The van der Waals surface area contributed by atoms with Crippen molar-refractivity contribution in [2.75, 3.05) is 13.1 Å². The topological polar surface area (TPSA) is 49.5 Å². The minimum absolute atomic E-state index is 0.312. The van der Waals surface area contributed by atoms with E-state index >= 15 is 0 Å². The molecule has 0 amide bonds. The van der Waals surface area contributed by atoms with Crippen molar-refractivity contribution in [2.45, 2.75) is 39.1 Å². The highest BCUT2D eigenvalue weighted by Crippen LogP contribution is 2.27. The van der Waals surface area contributed by atoms with Crippen LogP contribution in [-0.4, -0.2) is 36.0 Å². The first-order valence-corrected chi connectivity index (χ1v) is 5.32. The third kappa shape index (κ3) is 2.69. The molecule has 1 saturated heterocycles. The third-order valence-corrected chi connectivity index (χ3v) is 3.10. The van der Waals surface area contributed by atoms with Crippen LogP contribution in [0.2, 0.25) is 6.82 Å². The summed E-state index contributed by atoms with van der Waals surface area (Å²) >= 11 is 0. The molecule has 1 aliphatic rings. The first kappa shape index (κ1) is 11.0. The van der Waals surface area contributed by atoms with Crippen LogP contribution in [0.3, 0.4) is 0 Å². The normalized spacial score (nSPS) is 29.5. The van der Waals surface area contributed by atoms with Gasteiger partial charge in [0.2, 0.25) is 0 Å². The van der Waals surface area contributed by atoms with Crippen molar-refractivity contribution in [2.24, 2.45) is 11.7 Å². The van der Waals surface area contributed by atoms with Gasteiger partial charge in [0, 0.05) is 6.04 Å². The van der Waals surface area contributed by atoms with E-state index in [4.69, 9.17) is 5.73 Å². The highest BCUT2D eigenvalue weighted by Gasteiger charge is 2.34. The highest BCUT2D eigenvalue weighted by atomic mass is 16.2. The lowest BCUT2D eigenvalue weighted by molar-refractivity contribution is 0.332. The Balaban J connectivity index is 2.49. The number of nitrogens with zero attached hydrogens (tertiary/aromatic N) is 1. The molecule has 3 N–H and O–H groups in total. The van der Waals surface area contributed by atoms with E-state index in [1.165, 1.54) is 12.8 Å². The molecule has 0 aromatic heterocycles. The fourth-order valence-electron chi connectivity index (χ4n) is 2.27. The van der Waals surface area contributed by atoms with Crippen LogP contribution in [0.4, 0.5) is 0 Å². The molecule has 1 heterocycles. The molecule has 0 bridgehead atoms. The SMILES string of the molecule is CC[C@@H]1C[C@@H](CCN)N(B(C)O)C1. The maximum absolute atomic E-state index is 9.55. The van der Waals surface area contributed by atoms with E-state index in [1.54, 1.807) is 0 Å². The lowest BCUT2D eigenvalue weighted by Crippen LogP contribution is -2.41. The van der Waals surface area contributed by atoms with E-state index in [9.17, 15) is 5.02 Å². The van der Waals surface area contributed by atoms with Gasteiger partial charge in [-0.2, -0.15) is 0 Å². The van der Waals surface area contributed by atoms with Crippen molar-refractivity contribution in [1.29, 1.82) is 0 Å². The maximum atomic E-state index is 9.55. The Bertz CT molecular complexity index is 155. The van der Waals surface area contributed by atoms with Gasteiger partial charge in [-0.1, -0.05) is 13.3 Å². The van der Waals surface area contributed by atoms with E-state index in [0.717, 1.165) is 25.4 Å². The van der Waals surface area contributed by atoms with Gasteiger partial charge in [-0.05, 0) is 38.7 Å². The molecule has 0 saturated carbocycles. The summed E-state index contributed by atoms with van der Waals surface area (Å²) in [7, 11) is -0.312. The molecule has 0 aromatic rings. The molecular formula is C9H21BN2O. The van der Waals surface area contributed by atoms with Crippen LogP contribution in [0, 0.1) is 5.92 Å². The molecule has 13 heavy (non-hydrogen) atoms. The van der Waals surface area contributed by atoms with Gasteiger partial charge < -0.3 is 15.6 Å².